The molecule has 1 atom stereocenters. The molecule has 1 unspecified atom stereocenters. The minimum Gasteiger partial charge on any atom is -0.329 e. The lowest BCUT2D eigenvalue weighted by atomic mass is 9.97. The minimum atomic E-state index is 0.507. The molecular weight excluding hydrogens is 232 g/mol. The lowest BCUT2D eigenvalue weighted by molar-refractivity contribution is 0.142. The van der Waals surface area contributed by atoms with Gasteiger partial charge in [-0.25, -0.2) is 0 Å². The molecule has 0 bridgehead atoms. The maximum absolute atomic E-state index is 5.94. The summed E-state index contributed by atoms with van der Waals surface area (Å²) in [7, 11) is 0. The second-order valence-corrected chi connectivity index (χ2v) is 5.66. The van der Waals surface area contributed by atoms with Gasteiger partial charge in [0.25, 0.3) is 0 Å². The Bertz CT molecular complexity index is 378. The number of nitrogens with two attached hydrogens (primary N) is 1. The normalized spacial score (nSPS) is 19.9. The van der Waals surface area contributed by atoms with Gasteiger partial charge in [0.15, 0.2) is 0 Å². The fraction of sp³-hybridized carbons (Fsp3) is 0.529. The quantitative estimate of drug-likeness (QED) is 0.879. The summed E-state index contributed by atoms with van der Waals surface area (Å²) in [4.78, 5) is 2.56. The van der Waals surface area contributed by atoms with Crippen molar-refractivity contribution in [3.05, 3.63) is 42.0 Å². The van der Waals surface area contributed by atoms with Crippen LogP contribution in [-0.4, -0.2) is 30.6 Å². The summed E-state index contributed by atoms with van der Waals surface area (Å²) in [5.74, 6) is 0.884. The largest absolute Gasteiger partial charge is 0.329 e. The first kappa shape index (κ1) is 14.3. The molecule has 1 aromatic carbocycles. The van der Waals surface area contributed by atoms with Gasteiger partial charge in [0.2, 0.25) is 0 Å². The Balaban J connectivity index is 1.84. The Morgan fingerprint density at radius 3 is 2.58 bits per heavy atom. The van der Waals surface area contributed by atoms with Crippen LogP contribution in [0.15, 0.2) is 36.4 Å². The van der Waals surface area contributed by atoms with Gasteiger partial charge in [0.1, 0.15) is 0 Å². The highest BCUT2D eigenvalue weighted by Crippen LogP contribution is 2.19. The molecule has 0 saturated carbocycles. The zero-order chi connectivity index (χ0) is 13.5. The third kappa shape index (κ3) is 4.48. The molecule has 2 rings (SSSR count). The van der Waals surface area contributed by atoms with Crippen molar-refractivity contribution in [1.29, 1.82) is 0 Å². The molecule has 0 spiro atoms. The Morgan fingerprint density at radius 2 is 1.95 bits per heavy atom. The van der Waals surface area contributed by atoms with Gasteiger partial charge < -0.3 is 5.73 Å². The molecule has 0 radical (unpaired) electrons. The fourth-order valence-corrected chi connectivity index (χ4v) is 2.71. The van der Waals surface area contributed by atoms with E-state index in [1.807, 2.05) is 0 Å². The minimum absolute atomic E-state index is 0.507. The predicted molar refractivity (Wildman–Crippen MR) is 82.9 cm³/mol. The molecule has 104 valence electrons. The van der Waals surface area contributed by atoms with Crippen molar-refractivity contribution in [3.8, 4) is 0 Å². The molecule has 2 nitrogen and oxygen atoms in total. The first-order chi connectivity index (χ1) is 9.29. The van der Waals surface area contributed by atoms with Crippen molar-refractivity contribution < 1.29 is 0 Å². The van der Waals surface area contributed by atoms with Crippen LogP contribution >= 0.6 is 0 Å². The molecule has 19 heavy (non-hydrogen) atoms. The molecule has 0 aliphatic carbocycles. The van der Waals surface area contributed by atoms with Gasteiger partial charge in [-0.1, -0.05) is 49.4 Å². The maximum Gasteiger partial charge on any atom is 0.0252 e. The Hall–Kier alpha value is -1.12. The molecule has 1 fully saturated rings. The smallest absolute Gasteiger partial charge is 0.0252 e. The van der Waals surface area contributed by atoms with Crippen molar-refractivity contribution in [1.82, 2.24) is 4.90 Å². The summed E-state index contributed by atoms with van der Waals surface area (Å²) >= 11 is 0. The van der Waals surface area contributed by atoms with E-state index in [-0.39, 0.29) is 0 Å². The van der Waals surface area contributed by atoms with E-state index < -0.39 is 0 Å². The monoisotopic (exact) mass is 258 g/mol. The van der Waals surface area contributed by atoms with Crippen molar-refractivity contribution in [3.63, 3.8) is 0 Å². The second kappa shape index (κ2) is 7.46. The maximum atomic E-state index is 5.94. The van der Waals surface area contributed by atoms with Crippen molar-refractivity contribution >= 4 is 6.08 Å². The van der Waals surface area contributed by atoms with Gasteiger partial charge in [0.05, 0.1) is 0 Å². The van der Waals surface area contributed by atoms with Crippen molar-refractivity contribution in [2.45, 2.75) is 32.2 Å². The summed E-state index contributed by atoms with van der Waals surface area (Å²) in [6, 6.07) is 11.0. The average Bonchev–Trinajstić information content (AvgIpc) is 2.46. The molecule has 0 aromatic heterocycles. The van der Waals surface area contributed by atoms with E-state index in [2.05, 4.69) is 54.3 Å². The number of piperidine rings is 1. The number of nitrogens with zero attached hydrogens (tertiary/aromatic N) is 1. The second-order valence-electron chi connectivity index (χ2n) is 5.66. The van der Waals surface area contributed by atoms with Gasteiger partial charge in [-0.2, -0.15) is 0 Å². The predicted octanol–water partition coefficient (Wildman–Crippen LogP) is 3.15. The third-order valence-corrected chi connectivity index (χ3v) is 4.12. The first-order valence-electron chi connectivity index (χ1n) is 7.45. The van der Waals surface area contributed by atoms with Gasteiger partial charge in [0, 0.05) is 12.6 Å². The summed E-state index contributed by atoms with van der Waals surface area (Å²) in [5, 5.41) is 0. The average molecular weight is 258 g/mol. The highest BCUT2D eigenvalue weighted by atomic mass is 15.2. The van der Waals surface area contributed by atoms with E-state index in [4.69, 9.17) is 5.73 Å². The Kier molecular flexibility index (Phi) is 5.62. The van der Waals surface area contributed by atoms with Crippen LogP contribution in [0.3, 0.4) is 0 Å². The van der Waals surface area contributed by atoms with Gasteiger partial charge in [-0.15, -0.1) is 0 Å². The highest BCUT2D eigenvalue weighted by molar-refractivity contribution is 5.48. The van der Waals surface area contributed by atoms with Crippen LogP contribution in [0.25, 0.3) is 6.08 Å². The Labute approximate surface area is 117 Å². The van der Waals surface area contributed by atoms with Crippen LogP contribution in [0, 0.1) is 5.92 Å². The van der Waals surface area contributed by atoms with E-state index >= 15 is 0 Å². The van der Waals surface area contributed by atoms with Gasteiger partial charge in [-0.05, 0) is 43.8 Å². The summed E-state index contributed by atoms with van der Waals surface area (Å²) < 4.78 is 0. The molecule has 1 saturated heterocycles. The highest BCUT2D eigenvalue weighted by Gasteiger charge is 2.21. The number of rotatable bonds is 5. The molecule has 1 aliphatic rings. The van der Waals surface area contributed by atoms with Gasteiger partial charge >= 0.3 is 0 Å². The zero-order valence-electron chi connectivity index (χ0n) is 12.0. The van der Waals surface area contributed by atoms with Crippen LogP contribution in [-0.2, 0) is 0 Å². The van der Waals surface area contributed by atoms with E-state index in [1.54, 1.807) is 0 Å². The van der Waals surface area contributed by atoms with Gasteiger partial charge in [-0.3, -0.25) is 4.90 Å². The fourth-order valence-electron chi connectivity index (χ4n) is 2.71. The third-order valence-electron chi connectivity index (χ3n) is 4.12. The molecule has 2 heteroatoms. The Morgan fingerprint density at radius 1 is 1.26 bits per heavy atom. The molecule has 1 heterocycles. The molecule has 0 amide bonds. The van der Waals surface area contributed by atoms with Crippen LogP contribution in [0.4, 0.5) is 0 Å². The molecular formula is C17H26N2. The van der Waals surface area contributed by atoms with Crippen LogP contribution in [0.5, 0.6) is 0 Å². The number of hydrogen-bond acceptors (Lipinski definition) is 2. The van der Waals surface area contributed by atoms with E-state index in [0.29, 0.717) is 6.04 Å². The number of hydrogen-bond donors (Lipinski definition) is 1. The van der Waals surface area contributed by atoms with E-state index in [0.717, 1.165) is 18.9 Å². The van der Waals surface area contributed by atoms with E-state index in [9.17, 15) is 0 Å². The van der Waals surface area contributed by atoms with Crippen molar-refractivity contribution in [2.75, 3.05) is 19.6 Å². The lowest BCUT2D eigenvalue weighted by Crippen LogP contribution is -2.44. The molecule has 2 N–H and O–H groups in total. The standard InChI is InChI=1S/C17H26N2/c1-15-10-12-19(13-11-15)17(14-18)9-5-8-16-6-3-2-4-7-16/h2-8,15,17H,9-14,18H2,1H3/b8-5-. The first-order valence-corrected chi connectivity index (χ1v) is 7.45. The topological polar surface area (TPSA) is 29.3 Å². The number of likely N-dealkylation sites (tertiary alicyclic amines) is 1. The van der Waals surface area contributed by atoms with Crippen LogP contribution < -0.4 is 5.73 Å². The number of benzene rings is 1. The summed E-state index contributed by atoms with van der Waals surface area (Å²) in [6.45, 7) is 5.53. The summed E-state index contributed by atoms with van der Waals surface area (Å²) in [6.07, 6.45) is 8.16. The zero-order valence-corrected chi connectivity index (χ0v) is 12.0. The lowest BCUT2D eigenvalue weighted by Gasteiger charge is -2.35. The van der Waals surface area contributed by atoms with Crippen molar-refractivity contribution in [2.24, 2.45) is 11.7 Å². The molecule has 1 aromatic rings. The van der Waals surface area contributed by atoms with E-state index in [1.165, 1.54) is 31.5 Å². The van der Waals surface area contributed by atoms with Crippen LogP contribution in [0.1, 0.15) is 31.7 Å². The van der Waals surface area contributed by atoms with Crippen LogP contribution in [0.2, 0.25) is 0 Å². The summed E-state index contributed by atoms with van der Waals surface area (Å²) in [5.41, 5.74) is 7.21. The SMILES string of the molecule is CC1CCN(C(CN)C/C=C\c2ccccc2)CC1. The molecule has 1 aliphatic heterocycles.